The topological polar surface area (TPSA) is 158 Å². The molecule has 0 radical (unpaired) electrons. The van der Waals surface area contributed by atoms with Gasteiger partial charge in [0.25, 0.3) is 15.8 Å². The van der Waals surface area contributed by atoms with Gasteiger partial charge in [-0.2, -0.15) is 0 Å². The molecule has 0 aliphatic carbocycles. The number of thiophene rings is 1. The fraction of sp³-hybridized carbons (Fsp3) is 0.143. The molecule has 3 heterocycles. The van der Waals surface area contributed by atoms with Crippen LogP contribution in [-0.4, -0.2) is 50.0 Å². The second-order valence-electron chi connectivity index (χ2n) is 5.35. The lowest BCUT2D eigenvalue weighted by Gasteiger charge is -2.25. The number of aliphatic hydroxyl groups is 1. The average molecular weight is 468 g/mol. The molecule has 2 aromatic rings. The molecule has 1 aliphatic heterocycles. The van der Waals surface area contributed by atoms with Gasteiger partial charge in [0.1, 0.15) is 4.90 Å². The number of hydrogen-bond donors (Lipinski definition) is 2. The van der Waals surface area contributed by atoms with Crippen LogP contribution in [0.25, 0.3) is 5.76 Å². The van der Waals surface area contributed by atoms with Crippen LogP contribution in [0, 0.1) is 0 Å². The lowest BCUT2D eigenvalue weighted by atomic mass is 10.3. The number of rotatable bonds is 2. The molecule has 2 aromatic heterocycles. The number of hydrogen-bond acceptors (Lipinski definition) is 8. The smallest absolute Gasteiger partial charge is 0.360 e. The summed E-state index contributed by atoms with van der Waals surface area (Å²) >= 11 is 6.74. The number of sulfonamides is 1. The molecular weight excluding hydrogens is 454 g/mol. The molecule has 3 N–H and O–H groups in total. The second kappa shape index (κ2) is 8.05. The van der Waals surface area contributed by atoms with E-state index in [0.29, 0.717) is 12.1 Å². The van der Waals surface area contributed by atoms with E-state index in [4.69, 9.17) is 24.6 Å². The number of carbonyl (C=O) groups excluding carboxylic acids is 1. The highest BCUT2D eigenvalue weighted by atomic mass is 35.5. The van der Waals surface area contributed by atoms with Crippen molar-refractivity contribution in [3.8, 4) is 0 Å². The van der Waals surface area contributed by atoms with Crippen LogP contribution in [0.15, 0.2) is 41.1 Å². The lowest BCUT2D eigenvalue weighted by Crippen LogP contribution is -2.37. The summed E-state index contributed by atoms with van der Waals surface area (Å²) < 4.78 is 53.1. The Balaban J connectivity index is 0.000000500. The fourth-order valence-electron chi connectivity index (χ4n) is 2.13. The first-order valence-corrected chi connectivity index (χ1v) is 11.7. The number of nitrogens with zero attached hydrogens (tertiary/aromatic N) is 1. The van der Waals surface area contributed by atoms with Gasteiger partial charge in [-0.3, -0.25) is 4.31 Å². The number of amides is 1. The lowest BCUT2D eigenvalue weighted by molar-refractivity contribution is -0.360. The number of H-pyrrole nitrogens is 1. The SMILES string of the molecule is CN1C(C(=O)Nc2cccc[nH+]2)=C(O)c2sc(Cl)cc2S1(=O)=O.CS(=O)(=O)[O-]. The minimum Gasteiger partial charge on any atom is -0.748 e. The summed E-state index contributed by atoms with van der Waals surface area (Å²) in [5.41, 5.74) is -0.367. The standard InChI is InChI=1S/C13H10ClN3O4S2.CH4O3S/c1-17-10(13(19)16-9-4-2-3-5-15-9)11(18)12-7(23(17,20)21)6-8(14)22-12;1-5(2,3)4/h2-6,18H,1H3,(H,15,16,19);1H3,(H,2,3,4). The van der Waals surface area contributed by atoms with Crippen LogP contribution >= 0.6 is 22.9 Å². The zero-order valence-electron chi connectivity index (χ0n) is 14.3. The molecule has 0 saturated carbocycles. The van der Waals surface area contributed by atoms with E-state index in [1.165, 1.54) is 13.1 Å². The van der Waals surface area contributed by atoms with Gasteiger partial charge in [-0.25, -0.2) is 31.9 Å². The van der Waals surface area contributed by atoms with Gasteiger partial charge in [-0.1, -0.05) is 17.7 Å². The number of anilines is 1. The number of carbonyl (C=O) groups is 1. The third kappa shape index (κ3) is 4.99. The van der Waals surface area contributed by atoms with Crippen molar-refractivity contribution in [2.75, 3.05) is 18.6 Å². The summed E-state index contributed by atoms with van der Waals surface area (Å²) in [6, 6.07) is 6.27. The quantitative estimate of drug-likeness (QED) is 0.620. The maximum absolute atomic E-state index is 12.5. The molecule has 1 amide bonds. The summed E-state index contributed by atoms with van der Waals surface area (Å²) in [4.78, 5) is 15.1. The summed E-state index contributed by atoms with van der Waals surface area (Å²) in [5, 5.41) is 12.8. The van der Waals surface area contributed by atoms with E-state index in [1.807, 2.05) is 0 Å². The van der Waals surface area contributed by atoms with Gasteiger partial charge in [0.2, 0.25) is 0 Å². The number of aromatic amines is 1. The van der Waals surface area contributed by atoms with E-state index >= 15 is 0 Å². The summed E-state index contributed by atoms with van der Waals surface area (Å²) in [5.74, 6) is -0.826. The first kappa shape index (κ1) is 22.1. The second-order valence-corrected chi connectivity index (χ2v) is 10.4. The summed E-state index contributed by atoms with van der Waals surface area (Å²) in [6.07, 6.45) is 2.20. The number of aromatic nitrogens is 1. The molecule has 0 atom stereocenters. The Morgan fingerprint density at radius 1 is 1.39 bits per heavy atom. The van der Waals surface area contributed by atoms with Crippen LogP contribution in [-0.2, 0) is 24.9 Å². The number of aliphatic hydroxyl groups excluding tert-OH is 1. The van der Waals surface area contributed by atoms with Gasteiger partial charge in [-0.05, 0) is 12.1 Å². The Hall–Kier alpha value is -2.19. The molecule has 152 valence electrons. The number of halogens is 1. The van der Waals surface area contributed by atoms with Crippen molar-refractivity contribution in [1.29, 1.82) is 0 Å². The Bertz CT molecular complexity index is 1130. The van der Waals surface area contributed by atoms with Crippen molar-refractivity contribution >= 4 is 60.6 Å². The molecule has 14 heteroatoms. The van der Waals surface area contributed by atoms with Crippen LogP contribution in [0.5, 0.6) is 0 Å². The molecule has 1 aliphatic rings. The zero-order chi connectivity index (χ0) is 21.3. The van der Waals surface area contributed by atoms with Gasteiger partial charge in [-0.15, -0.1) is 11.3 Å². The molecule has 0 fully saturated rings. The highest BCUT2D eigenvalue weighted by Gasteiger charge is 2.41. The Labute approximate surface area is 169 Å². The number of likely N-dealkylation sites (N-methyl/N-ethyl adjacent to an activating group) is 1. The fourth-order valence-corrected chi connectivity index (χ4v) is 5.08. The number of nitrogens with one attached hydrogen (secondary N) is 2. The highest BCUT2D eigenvalue weighted by Crippen LogP contribution is 2.41. The van der Waals surface area contributed by atoms with Crippen LogP contribution < -0.4 is 10.3 Å². The molecule has 3 rings (SSSR count). The zero-order valence-corrected chi connectivity index (χ0v) is 17.5. The maximum Gasteiger partial charge on any atom is 0.360 e. The maximum atomic E-state index is 12.5. The summed E-state index contributed by atoms with van der Waals surface area (Å²) in [6.45, 7) is 0. The van der Waals surface area contributed by atoms with E-state index < -0.39 is 31.8 Å². The largest absolute Gasteiger partial charge is 0.748 e. The van der Waals surface area contributed by atoms with Crippen molar-refractivity contribution in [3.05, 3.63) is 45.4 Å². The van der Waals surface area contributed by atoms with Gasteiger partial charge in [0.15, 0.2) is 11.5 Å². The molecule has 28 heavy (non-hydrogen) atoms. The third-order valence-corrected chi connectivity index (χ3v) is 6.41. The van der Waals surface area contributed by atoms with E-state index in [9.17, 15) is 18.3 Å². The van der Waals surface area contributed by atoms with Gasteiger partial charge >= 0.3 is 5.91 Å². The minimum atomic E-state index is -3.95. The monoisotopic (exact) mass is 467 g/mol. The Morgan fingerprint density at radius 2 is 2.00 bits per heavy atom. The van der Waals surface area contributed by atoms with Crippen LogP contribution in [0.2, 0.25) is 4.34 Å². The van der Waals surface area contributed by atoms with Gasteiger partial charge in [0, 0.05) is 19.4 Å². The van der Waals surface area contributed by atoms with Crippen LogP contribution in [0.4, 0.5) is 5.82 Å². The number of fused-ring (bicyclic) bond motifs is 1. The third-order valence-electron chi connectivity index (χ3n) is 3.23. The molecule has 10 nitrogen and oxygen atoms in total. The predicted octanol–water partition coefficient (Wildman–Crippen LogP) is 0.876. The molecular formula is C14H14ClN3O7S3. The first-order valence-electron chi connectivity index (χ1n) is 7.23. The average Bonchev–Trinajstić information content (AvgIpc) is 2.96. The van der Waals surface area contributed by atoms with Crippen molar-refractivity contribution in [2.24, 2.45) is 0 Å². The molecule has 0 saturated heterocycles. The van der Waals surface area contributed by atoms with E-state index in [-0.39, 0.29) is 19.8 Å². The molecule has 0 unspecified atom stereocenters. The normalized spacial score (nSPS) is 15.4. The van der Waals surface area contributed by atoms with E-state index in [0.717, 1.165) is 15.6 Å². The van der Waals surface area contributed by atoms with Crippen LogP contribution in [0.1, 0.15) is 4.88 Å². The Kier molecular flexibility index (Phi) is 6.35. The van der Waals surface area contributed by atoms with Crippen molar-refractivity contribution in [1.82, 2.24) is 4.31 Å². The first-order chi connectivity index (χ1) is 12.8. The predicted molar refractivity (Wildman–Crippen MR) is 101 cm³/mol. The van der Waals surface area contributed by atoms with Crippen molar-refractivity contribution in [2.45, 2.75) is 4.90 Å². The van der Waals surface area contributed by atoms with Gasteiger partial charge in [0.05, 0.1) is 25.5 Å². The Morgan fingerprint density at radius 3 is 2.54 bits per heavy atom. The van der Waals surface area contributed by atoms with Gasteiger partial charge < -0.3 is 9.66 Å². The highest BCUT2D eigenvalue weighted by molar-refractivity contribution is 7.89. The van der Waals surface area contributed by atoms with E-state index in [2.05, 4.69) is 10.3 Å². The minimum absolute atomic E-state index is 0.0512. The molecule has 0 aromatic carbocycles. The number of pyridine rings is 1. The summed E-state index contributed by atoms with van der Waals surface area (Å²) in [7, 11) is -6.67. The van der Waals surface area contributed by atoms with Crippen molar-refractivity contribution < 1.29 is 36.3 Å². The van der Waals surface area contributed by atoms with Crippen molar-refractivity contribution in [3.63, 3.8) is 0 Å². The molecule has 0 spiro atoms. The molecule has 0 bridgehead atoms. The van der Waals surface area contributed by atoms with E-state index in [1.54, 1.807) is 24.4 Å². The van der Waals surface area contributed by atoms with Crippen LogP contribution in [0.3, 0.4) is 0 Å².